The highest BCUT2D eigenvalue weighted by atomic mass is 127. The molecule has 0 saturated carbocycles. The summed E-state index contributed by atoms with van der Waals surface area (Å²) in [6.07, 6.45) is 0.710. The van der Waals surface area contributed by atoms with Crippen LogP contribution in [0.2, 0.25) is 0 Å². The zero-order valence-corrected chi connectivity index (χ0v) is 9.01. The van der Waals surface area contributed by atoms with E-state index in [2.05, 4.69) is 27.9 Å². The molecule has 1 aliphatic rings. The predicted octanol–water partition coefficient (Wildman–Crippen LogP) is 1.42. The minimum absolute atomic E-state index is 0.0197. The first kappa shape index (κ1) is 9.63. The highest BCUT2D eigenvalue weighted by Crippen LogP contribution is 2.32. The Bertz CT molecular complexity index is 251. The van der Waals surface area contributed by atoms with E-state index < -0.39 is 9.70 Å². The quantitative estimate of drug-likeness (QED) is 0.457. The Morgan fingerprint density at radius 3 is 2.67 bits per heavy atom. The molecule has 0 aromatic rings. The second-order valence-electron chi connectivity index (χ2n) is 2.57. The van der Waals surface area contributed by atoms with Gasteiger partial charge in [-0.15, -0.1) is 0 Å². The van der Waals surface area contributed by atoms with Crippen molar-refractivity contribution in [3.8, 4) is 0 Å². The van der Waals surface area contributed by atoms with Gasteiger partial charge < -0.3 is 15.2 Å². The van der Waals surface area contributed by atoms with Crippen molar-refractivity contribution in [2.24, 2.45) is 0 Å². The molecule has 0 spiro atoms. The van der Waals surface area contributed by atoms with Crippen molar-refractivity contribution >= 4 is 28.6 Å². The summed E-state index contributed by atoms with van der Waals surface area (Å²) in [7, 11) is 0. The maximum absolute atomic E-state index is 10.6. The number of ether oxygens (including phenoxy) is 1. The minimum Gasteiger partial charge on any atom is -0.475 e. The van der Waals surface area contributed by atoms with Crippen molar-refractivity contribution < 1.29 is 14.6 Å². The van der Waals surface area contributed by atoms with Crippen LogP contribution in [0.3, 0.4) is 0 Å². The fourth-order valence-corrected chi connectivity index (χ4v) is 1.59. The number of hydrogen-bond acceptors (Lipinski definition) is 3. The first-order chi connectivity index (χ1) is 5.48. The molecule has 0 aliphatic carbocycles. The van der Waals surface area contributed by atoms with Crippen LogP contribution in [0.15, 0.2) is 11.5 Å². The molecule has 1 rings (SSSR count). The molecule has 1 heterocycles. The number of carbonyl (C=O) groups is 1. The Morgan fingerprint density at radius 1 is 1.83 bits per heavy atom. The summed E-state index contributed by atoms with van der Waals surface area (Å²) in [5.74, 6) is -1.00. The molecular weight excluding hydrogens is 273 g/mol. The Kier molecular flexibility index (Phi) is 2.50. The second kappa shape index (κ2) is 3.12. The molecule has 1 aliphatic heterocycles. The van der Waals surface area contributed by atoms with Crippen LogP contribution in [0.4, 0.5) is 0 Å². The van der Waals surface area contributed by atoms with Crippen LogP contribution in [0.25, 0.3) is 0 Å². The van der Waals surface area contributed by atoms with E-state index in [1.807, 2.05) is 6.92 Å². The van der Waals surface area contributed by atoms with Crippen LogP contribution < -0.4 is 5.32 Å². The molecule has 5 heteroatoms. The zero-order valence-electron chi connectivity index (χ0n) is 6.85. The zero-order chi connectivity index (χ0) is 9.35. The molecule has 0 bridgehead atoms. The highest BCUT2D eigenvalue weighted by Gasteiger charge is 2.37. The third-order valence-corrected chi connectivity index (χ3v) is 2.88. The van der Waals surface area contributed by atoms with Crippen molar-refractivity contribution in [2.45, 2.75) is 24.0 Å². The third kappa shape index (κ3) is 1.65. The number of alkyl halides is 1. The molecule has 4 nitrogen and oxygen atoms in total. The summed E-state index contributed by atoms with van der Waals surface area (Å²) in [6.45, 7) is 3.62. The van der Waals surface area contributed by atoms with E-state index in [4.69, 9.17) is 9.84 Å². The van der Waals surface area contributed by atoms with Crippen LogP contribution in [0.5, 0.6) is 0 Å². The number of halogens is 1. The monoisotopic (exact) mass is 283 g/mol. The van der Waals surface area contributed by atoms with Gasteiger partial charge in [-0.25, -0.2) is 4.79 Å². The Labute approximate surface area is 84.1 Å². The predicted molar refractivity (Wildman–Crippen MR) is 51.6 cm³/mol. The lowest BCUT2D eigenvalue weighted by molar-refractivity contribution is -0.137. The summed E-state index contributed by atoms with van der Waals surface area (Å²) in [6, 6.07) is 0. The standard InChI is InChI=1S/C7H10INO3/c1-3-7(8)9-4(2)5(12-7)6(10)11/h9H,3H2,1-2H3,(H,10,11). The molecule has 0 amide bonds. The first-order valence-electron chi connectivity index (χ1n) is 3.59. The van der Waals surface area contributed by atoms with Gasteiger partial charge >= 0.3 is 5.97 Å². The largest absolute Gasteiger partial charge is 0.475 e. The van der Waals surface area contributed by atoms with Gasteiger partial charge in [-0.05, 0) is 29.5 Å². The molecule has 0 aromatic heterocycles. The van der Waals surface area contributed by atoms with Crippen LogP contribution in [-0.4, -0.2) is 14.8 Å². The number of carboxylic acids is 1. The summed E-state index contributed by atoms with van der Waals surface area (Å²) >= 11 is 2.05. The average molecular weight is 283 g/mol. The van der Waals surface area contributed by atoms with Gasteiger partial charge in [0.05, 0.1) is 5.70 Å². The third-order valence-electron chi connectivity index (χ3n) is 1.63. The fourth-order valence-electron chi connectivity index (χ4n) is 0.965. The maximum Gasteiger partial charge on any atom is 0.373 e. The molecule has 1 atom stereocenters. The van der Waals surface area contributed by atoms with Gasteiger partial charge in [0, 0.05) is 6.42 Å². The Morgan fingerprint density at radius 2 is 2.42 bits per heavy atom. The highest BCUT2D eigenvalue weighted by molar-refractivity contribution is 14.1. The smallest absolute Gasteiger partial charge is 0.373 e. The van der Waals surface area contributed by atoms with E-state index in [1.165, 1.54) is 0 Å². The summed E-state index contributed by atoms with van der Waals surface area (Å²) < 4.78 is 4.65. The molecule has 0 aromatic carbocycles. The number of aliphatic carboxylic acids is 1. The molecule has 0 fully saturated rings. The normalized spacial score (nSPS) is 28.2. The van der Waals surface area contributed by atoms with E-state index in [0.717, 1.165) is 0 Å². The lowest BCUT2D eigenvalue weighted by Gasteiger charge is -2.20. The van der Waals surface area contributed by atoms with E-state index in [1.54, 1.807) is 6.92 Å². The van der Waals surface area contributed by atoms with Gasteiger partial charge in [0.15, 0.2) is 0 Å². The number of allylic oxidation sites excluding steroid dienone is 1. The van der Waals surface area contributed by atoms with Gasteiger partial charge in [-0.2, -0.15) is 0 Å². The minimum atomic E-state index is -1.02. The lowest BCUT2D eigenvalue weighted by Crippen LogP contribution is -2.33. The van der Waals surface area contributed by atoms with E-state index in [9.17, 15) is 4.79 Å². The summed E-state index contributed by atoms with van der Waals surface area (Å²) in [4.78, 5) is 10.6. The lowest BCUT2D eigenvalue weighted by atomic mass is 10.4. The van der Waals surface area contributed by atoms with Gasteiger partial charge in [0.25, 0.3) is 0 Å². The van der Waals surface area contributed by atoms with Gasteiger partial charge in [-0.1, -0.05) is 6.92 Å². The van der Waals surface area contributed by atoms with Gasteiger partial charge in [0.1, 0.15) is 0 Å². The SMILES string of the molecule is CCC1(I)NC(C)=C(C(=O)O)O1. The topological polar surface area (TPSA) is 58.6 Å². The van der Waals surface area contributed by atoms with Gasteiger partial charge in [-0.3, -0.25) is 0 Å². The van der Waals surface area contributed by atoms with Crippen molar-refractivity contribution in [1.29, 1.82) is 0 Å². The summed E-state index contributed by atoms with van der Waals surface area (Å²) in [5, 5.41) is 11.7. The average Bonchev–Trinajstić information content (AvgIpc) is 2.28. The van der Waals surface area contributed by atoms with Crippen LogP contribution >= 0.6 is 22.6 Å². The first-order valence-corrected chi connectivity index (χ1v) is 4.66. The van der Waals surface area contributed by atoms with Gasteiger partial charge in [0.2, 0.25) is 9.49 Å². The van der Waals surface area contributed by atoms with Crippen LogP contribution in [0.1, 0.15) is 20.3 Å². The Hall–Kier alpha value is -0.460. The molecule has 68 valence electrons. The van der Waals surface area contributed by atoms with Crippen molar-refractivity contribution in [2.75, 3.05) is 0 Å². The number of hydrogen-bond donors (Lipinski definition) is 2. The summed E-state index contributed by atoms with van der Waals surface area (Å²) in [5.41, 5.74) is 0.582. The van der Waals surface area contributed by atoms with Crippen molar-refractivity contribution in [3.63, 3.8) is 0 Å². The van der Waals surface area contributed by atoms with E-state index in [-0.39, 0.29) is 5.76 Å². The molecular formula is C7H10INO3. The molecule has 12 heavy (non-hydrogen) atoms. The van der Waals surface area contributed by atoms with Crippen molar-refractivity contribution in [3.05, 3.63) is 11.5 Å². The maximum atomic E-state index is 10.6. The molecule has 2 N–H and O–H groups in total. The van der Waals surface area contributed by atoms with Crippen LogP contribution in [0, 0.1) is 0 Å². The molecule has 0 radical (unpaired) electrons. The van der Waals surface area contributed by atoms with Crippen molar-refractivity contribution in [1.82, 2.24) is 5.32 Å². The number of rotatable bonds is 2. The molecule has 1 unspecified atom stereocenters. The second-order valence-corrected chi connectivity index (χ2v) is 4.31. The van der Waals surface area contributed by atoms with Crippen LogP contribution in [-0.2, 0) is 9.53 Å². The molecule has 0 saturated heterocycles. The van der Waals surface area contributed by atoms with E-state index >= 15 is 0 Å². The fraction of sp³-hybridized carbons (Fsp3) is 0.571. The number of nitrogens with one attached hydrogen (secondary N) is 1. The van der Waals surface area contributed by atoms with E-state index in [0.29, 0.717) is 12.1 Å². The Balaban J connectivity index is 2.81. The number of carboxylic acid groups (broad SMARTS) is 1.